The normalized spacial score (nSPS) is 8.60. The third-order valence-electron chi connectivity index (χ3n) is 1.29. The van der Waals surface area contributed by atoms with Gasteiger partial charge in [-0.3, -0.25) is 0 Å². The van der Waals surface area contributed by atoms with E-state index in [1.807, 2.05) is 31.2 Å². The minimum atomic E-state index is 0. The van der Waals surface area contributed by atoms with Gasteiger partial charge in [-0.25, -0.2) is 0 Å². The predicted octanol–water partition coefficient (Wildman–Crippen LogP) is 2.54. The van der Waals surface area contributed by atoms with Gasteiger partial charge in [0.15, 0.2) is 0 Å². The third kappa shape index (κ3) is 2.64. The zero-order valence-corrected chi connectivity index (χ0v) is 8.86. The second-order valence-electron chi connectivity index (χ2n) is 2.17. The predicted molar refractivity (Wildman–Crippen MR) is 39.2 cm³/mol. The van der Waals surface area contributed by atoms with Crippen LogP contribution in [0, 0.1) is 6.92 Å². The number of nitrogens with one attached hydrogen (secondary N) is 1. The Morgan fingerprint density at radius 2 is 2.10 bits per heavy atom. The van der Waals surface area contributed by atoms with Crippen LogP contribution in [0.4, 0.5) is 0 Å². The van der Waals surface area contributed by atoms with Crippen LogP contribution in [-0.4, -0.2) is 0 Å². The van der Waals surface area contributed by atoms with E-state index in [0.717, 1.165) is 5.56 Å². The van der Waals surface area contributed by atoms with Crippen LogP contribution < -0.4 is 0 Å². The van der Waals surface area contributed by atoms with Gasteiger partial charge in [-0.05, 0) is 6.92 Å². The van der Waals surface area contributed by atoms with E-state index in [9.17, 15) is 0 Å². The van der Waals surface area contributed by atoms with Crippen molar-refractivity contribution in [2.45, 2.75) is 13.5 Å². The second kappa shape index (κ2) is 4.65. The molecule has 1 aromatic carbocycles. The van der Waals surface area contributed by atoms with Gasteiger partial charge in [0.25, 0.3) is 0 Å². The molecule has 1 aromatic rings. The molecule has 54 valence electrons. The molecule has 0 spiro atoms. The molecule has 0 saturated carbocycles. The molecule has 0 aliphatic carbocycles. The Labute approximate surface area is 75.9 Å². The third-order valence-corrected chi connectivity index (χ3v) is 1.29. The smallest absolute Gasteiger partial charge is 0 e. The molecule has 1 N–H and O–H groups in total. The van der Waals surface area contributed by atoms with Crippen molar-refractivity contribution >= 4 is 0 Å². The summed E-state index contributed by atoms with van der Waals surface area (Å²) in [6.07, 6.45) is 0. The molecule has 0 saturated heterocycles. The Morgan fingerprint density at radius 3 is 2.50 bits per heavy atom. The quantitative estimate of drug-likeness (QED) is 0.761. The molecule has 0 unspecified atom stereocenters. The SMILES string of the molecule is Cc1cccc(C[NH-])c1.[W]. The van der Waals surface area contributed by atoms with Crippen LogP contribution in [0.5, 0.6) is 0 Å². The van der Waals surface area contributed by atoms with Crippen molar-refractivity contribution in [1.29, 1.82) is 0 Å². The molecule has 10 heavy (non-hydrogen) atoms. The molecule has 1 nitrogen and oxygen atoms in total. The van der Waals surface area contributed by atoms with Crippen LogP contribution in [0.2, 0.25) is 0 Å². The molecule has 0 aliphatic heterocycles. The molecule has 1 rings (SSSR count). The molecule has 0 radical (unpaired) electrons. The second-order valence-corrected chi connectivity index (χ2v) is 2.17. The van der Waals surface area contributed by atoms with Gasteiger partial charge in [0.1, 0.15) is 0 Å². The largest absolute Gasteiger partial charge is 0.674 e. The zero-order valence-electron chi connectivity index (χ0n) is 5.92. The number of hydrogen-bond acceptors (Lipinski definition) is 0. The Bertz CT molecular complexity index is 198. The Kier molecular flexibility index (Phi) is 4.59. The first-order valence-electron chi connectivity index (χ1n) is 3.03. The van der Waals surface area contributed by atoms with Crippen LogP contribution >= 0.6 is 0 Å². The summed E-state index contributed by atoms with van der Waals surface area (Å²) in [5.41, 5.74) is 9.37. The number of hydrogen-bond donors (Lipinski definition) is 0. The first-order chi connectivity index (χ1) is 4.33. The van der Waals surface area contributed by atoms with E-state index in [4.69, 9.17) is 5.73 Å². The van der Waals surface area contributed by atoms with E-state index >= 15 is 0 Å². The molecule has 0 aromatic heterocycles. The van der Waals surface area contributed by atoms with Crippen LogP contribution in [0.1, 0.15) is 11.1 Å². The van der Waals surface area contributed by atoms with E-state index in [-0.39, 0.29) is 21.1 Å². The summed E-state index contributed by atoms with van der Waals surface area (Å²) in [4.78, 5) is 0. The summed E-state index contributed by atoms with van der Waals surface area (Å²) in [5.74, 6) is 0. The average molecular weight is 304 g/mol. The summed E-state index contributed by atoms with van der Waals surface area (Å²) < 4.78 is 0. The summed E-state index contributed by atoms with van der Waals surface area (Å²) in [6.45, 7) is 2.43. The maximum absolute atomic E-state index is 7.04. The van der Waals surface area contributed by atoms with Crippen molar-refractivity contribution < 1.29 is 21.1 Å². The Hall–Kier alpha value is -0.132. The van der Waals surface area contributed by atoms with Gasteiger partial charge in [-0.15, -0.1) is 6.54 Å². The van der Waals surface area contributed by atoms with E-state index in [0.29, 0.717) is 6.54 Å². The van der Waals surface area contributed by atoms with Crippen molar-refractivity contribution in [2.24, 2.45) is 0 Å². The van der Waals surface area contributed by atoms with Crippen molar-refractivity contribution in [3.8, 4) is 0 Å². The fourth-order valence-electron chi connectivity index (χ4n) is 0.822. The molecular formula is C8H10NW-. The van der Waals surface area contributed by atoms with Crippen LogP contribution in [0.25, 0.3) is 5.73 Å². The minimum absolute atomic E-state index is 0. The van der Waals surface area contributed by atoms with Crippen molar-refractivity contribution in [3.05, 3.63) is 41.1 Å². The zero-order chi connectivity index (χ0) is 6.69. The maximum atomic E-state index is 7.04. The number of rotatable bonds is 1. The molecular weight excluding hydrogens is 294 g/mol. The van der Waals surface area contributed by atoms with Gasteiger partial charge in [0.05, 0.1) is 0 Å². The van der Waals surface area contributed by atoms with Gasteiger partial charge in [-0.1, -0.05) is 35.4 Å². The average Bonchev–Trinajstić information content (AvgIpc) is 1.88. The molecule has 2 heteroatoms. The van der Waals surface area contributed by atoms with Crippen LogP contribution in [-0.2, 0) is 27.6 Å². The topological polar surface area (TPSA) is 23.8 Å². The Balaban J connectivity index is 0.000000810. The summed E-state index contributed by atoms with van der Waals surface area (Å²) >= 11 is 0. The first kappa shape index (κ1) is 9.87. The minimum Gasteiger partial charge on any atom is -0.674 e. The Morgan fingerprint density at radius 1 is 1.40 bits per heavy atom. The van der Waals surface area contributed by atoms with Gasteiger partial charge < -0.3 is 5.73 Å². The van der Waals surface area contributed by atoms with E-state index in [2.05, 4.69) is 0 Å². The summed E-state index contributed by atoms with van der Waals surface area (Å²) in [5, 5.41) is 0. The van der Waals surface area contributed by atoms with E-state index in [1.54, 1.807) is 0 Å². The molecule has 0 heterocycles. The van der Waals surface area contributed by atoms with Crippen LogP contribution in [0.15, 0.2) is 24.3 Å². The van der Waals surface area contributed by atoms with Gasteiger partial charge in [-0.2, -0.15) is 0 Å². The molecule has 0 bridgehead atoms. The van der Waals surface area contributed by atoms with Crippen molar-refractivity contribution in [2.75, 3.05) is 0 Å². The van der Waals surface area contributed by atoms with Gasteiger partial charge in [0, 0.05) is 21.1 Å². The molecule has 0 fully saturated rings. The van der Waals surface area contributed by atoms with Gasteiger partial charge >= 0.3 is 0 Å². The van der Waals surface area contributed by atoms with Crippen molar-refractivity contribution in [1.82, 2.24) is 0 Å². The maximum Gasteiger partial charge on any atom is 0 e. The van der Waals surface area contributed by atoms with Crippen molar-refractivity contribution in [3.63, 3.8) is 0 Å². The van der Waals surface area contributed by atoms with Gasteiger partial charge in [0.2, 0.25) is 0 Å². The number of benzene rings is 1. The monoisotopic (exact) mass is 304 g/mol. The molecule has 0 amide bonds. The fraction of sp³-hybridized carbons (Fsp3) is 0.250. The first-order valence-corrected chi connectivity index (χ1v) is 3.03. The summed E-state index contributed by atoms with van der Waals surface area (Å²) in [6, 6.07) is 8.03. The molecule has 0 aliphatic rings. The molecule has 0 atom stereocenters. The van der Waals surface area contributed by atoms with Crippen LogP contribution in [0.3, 0.4) is 0 Å². The van der Waals surface area contributed by atoms with E-state index in [1.165, 1.54) is 5.56 Å². The summed E-state index contributed by atoms with van der Waals surface area (Å²) in [7, 11) is 0. The van der Waals surface area contributed by atoms with E-state index < -0.39 is 0 Å². The standard InChI is InChI=1S/C8H10N.W/c1-7-3-2-4-8(5-7)6-9;/h2-5,9H,6H2,1H3;/q-1;. The number of aryl methyl sites for hydroxylation is 1. The fourth-order valence-corrected chi connectivity index (χ4v) is 0.822.